The second-order valence-corrected chi connectivity index (χ2v) is 6.58. The molecule has 0 amide bonds. The number of nitrogens with one attached hydrogen (secondary N) is 1. The molecule has 24 heavy (non-hydrogen) atoms. The molecule has 2 N–H and O–H groups in total. The number of β-amino-alcohol motifs (C(OH)–C–C–N with tert-alkyl or cyclic N) is 1. The van der Waals surface area contributed by atoms with Gasteiger partial charge in [-0.1, -0.05) is 11.3 Å². The van der Waals surface area contributed by atoms with Gasteiger partial charge in [0.15, 0.2) is 11.4 Å². The number of carbonyl (C=O) groups excluding carboxylic acids is 1. The number of carbonyl (C=O) groups is 1. The fourth-order valence-corrected chi connectivity index (χ4v) is 3.27. The minimum Gasteiger partial charge on any atom is -0.395 e. The molecule has 9 heteroatoms. The van der Waals surface area contributed by atoms with Gasteiger partial charge in [0.25, 0.3) is 0 Å². The van der Waals surface area contributed by atoms with Gasteiger partial charge in [-0.05, 0) is 6.92 Å². The Morgan fingerprint density at radius 1 is 1.33 bits per heavy atom. The number of rotatable bonds is 6. The molecule has 0 spiro atoms. The third-order valence-electron chi connectivity index (χ3n) is 3.81. The average Bonchev–Trinajstić information content (AvgIpc) is 3.03. The van der Waals surface area contributed by atoms with Crippen molar-refractivity contribution in [2.45, 2.75) is 6.92 Å². The number of aliphatic hydroxyl groups excluding tert-OH is 1. The topological polar surface area (TPSA) is 94.5 Å². The number of piperazine rings is 1. The highest BCUT2D eigenvalue weighted by Crippen LogP contribution is 2.23. The molecule has 3 heterocycles. The fraction of sp³-hybridized carbons (Fsp3) is 0.467. The Morgan fingerprint density at radius 3 is 2.79 bits per heavy atom. The first-order valence-electron chi connectivity index (χ1n) is 7.80. The average molecular weight is 348 g/mol. The zero-order valence-electron chi connectivity index (χ0n) is 13.5. The van der Waals surface area contributed by atoms with E-state index in [1.165, 1.54) is 17.5 Å². The molecule has 0 aromatic carbocycles. The smallest absolute Gasteiger partial charge is 0.188 e. The van der Waals surface area contributed by atoms with E-state index in [9.17, 15) is 4.79 Å². The van der Waals surface area contributed by atoms with Crippen molar-refractivity contribution in [2.75, 3.05) is 49.5 Å². The molecular weight excluding hydrogens is 328 g/mol. The van der Waals surface area contributed by atoms with Gasteiger partial charge in [0, 0.05) is 38.8 Å². The Hall–Kier alpha value is -2.10. The monoisotopic (exact) mass is 348 g/mol. The van der Waals surface area contributed by atoms with E-state index in [4.69, 9.17) is 5.11 Å². The summed E-state index contributed by atoms with van der Waals surface area (Å²) in [7, 11) is 0. The van der Waals surface area contributed by atoms with E-state index in [0.717, 1.165) is 38.3 Å². The number of thiazole rings is 1. The van der Waals surface area contributed by atoms with Crippen LogP contribution < -0.4 is 10.2 Å². The van der Waals surface area contributed by atoms with Gasteiger partial charge in [-0.15, -0.1) is 0 Å². The molecule has 0 aliphatic carbocycles. The molecule has 0 atom stereocenters. The lowest BCUT2D eigenvalue weighted by molar-refractivity contribution is 0.112. The van der Waals surface area contributed by atoms with Crippen molar-refractivity contribution in [1.82, 2.24) is 19.9 Å². The number of aldehydes is 1. The maximum atomic E-state index is 10.8. The first-order chi connectivity index (χ1) is 11.7. The molecule has 2 aromatic rings. The van der Waals surface area contributed by atoms with Crippen molar-refractivity contribution in [1.29, 1.82) is 0 Å². The van der Waals surface area contributed by atoms with Crippen molar-refractivity contribution in [3.63, 3.8) is 0 Å². The SMILES string of the molecule is Cc1nc(Nc2ncc(C=O)s2)cc(N2CCN(CCO)CC2)n1. The van der Waals surface area contributed by atoms with Gasteiger partial charge in [0.1, 0.15) is 17.5 Å². The van der Waals surface area contributed by atoms with E-state index in [1.54, 1.807) is 0 Å². The summed E-state index contributed by atoms with van der Waals surface area (Å²) >= 11 is 1.29. The summed E-state index contributed by atoms with van der Waals surface area (Å²) in [6, 6.07) is 1.90. The third-order valence-corrected chi connectivity index (χ3v) is 4.65. The van der Waals surface area contributed by atoms with Gasteiger partial charge in [-0.3, -0.25) is 9.69 Å². The molecule has 8 nitrogen and oxygen atoms in total. The van der Waals surface area contributed by atoms with Crippen molar-refractivity contribution in [2.24, 2.45) is 0 Å². The highest BCUT2D eigenvalue weighted by atomic mass is 32.1. The van der Waals surface area contributed by atoms with Crippen LogP contribution in [0.2, 0.25) is 0 Å². The van der Waals surface area contributed by atoms with Crippen LogP contribution in [0.5, 0.6) is 0 Å². The van der Waals surface area contributed by atoms with E-state index < -0.39 is 0 Å². The van der Waals surface area contributed by atoms with Crippen LogP contribution in [0.3, 0.4) is 0 Å². The second-order valence-electron chi connectivity index (χ2n) is 5.52. The molecule has 1 fully saturated rings. The lowest BCUT2D eigenvalue weighted by atomic mass is 10.3. The van der Waals surface area contributed by atoms with Gasteiger partial charge in [-0.25, -0.2) is 15.0 Å². The van der Waals surface area contributed by atoms with Gasteiger partial charge < -0.3 is 15.3 Å². The summed E-state index contributed by atoms with van der Waals surface area (Å²) < 4.78 is 0. The predicted octanol–water partition coefficient (Wildman–Crippen LogP) is 0.912. The van der Waals surface area contributed by atoms with Crippen LogP contribution in [0.4, 0.5) is 16.8 Å². The fourth-order valence-electron chi connectivity index (χ4n) is 2.63. The maximum Gasteiger partial charge on any atom is 0.188 e. The van der Waals surface area contributed by atoms with Crippen LogP contribution in [0.1, 0.15) is 15.5 Å². The number of aliphatic hydroxyl groups is 1. The van der Waals surface area contributed by atoms with Crippen LogP contribution in [0, 0.1) is 6.92 Å². The largest absolute Gasteiger partial charge is 0.395 e. The van der Waals surface area contributed by atoms with Crippen LogP contribution in [-0.4, -0.2) is 70.6 Å². The molecule has 2 aromatic heterocycles. The number of hydrogen-bond acceptors (Lipinski definition) is 9. The Labute approximate surface area is 144 Å². The highest BCUT2D eigenvalue weighted by Gasteiger charge is 2.18. The van der Waals surface area contributed by atoms with Crippen LogP contribution in [-0.2, 0) is 0 Å². The molecule has 0 bridgehead atoms. The third kappa shape index (κ3) is 4.05. The standard InChI is InChI=1S/C15H20N6O2S/c1-11-17-13(19-15-16-9-12(10-23)24-15)8-14(18-11)21-4-2-20(3-5-21)6-7-22/h8-10,22H,2-7H2,1H3,(H,16,17,18,19). The summed E-state index contributed by atoms with van der Waals surface area (Å²) in [4.78, 5) is 28.8. The molecular formula is C15H20N6O2S. The molecule has 0 unspecified atom stereocenters. The summed E-state index contributed by atoms with van der Waals surface area (Å²) in [6.45, 7) is 6.30. The lowest BCUT2D eigenvalue weighted by Crippen LogP contribution is -2.47. The zero-order chi connectivity index (χ0) is 16.9. The van der Waals surface area contributed by atoms with Crippen molar-refractivity contribution >= 4 is 34.4 Å². The number of hydrogen-bond donors (Lipinski definition) is 2. The van der Waals surface area contributed by atoms with E-state index in [-0.39, 0.29) is 6.61 Å². The Morgan fingerprint density at radius 2 is 2.12 bits per heavy atom. The Balaban J connectivity index is 1.71. The van der Waals surface area contributed by atoms with Gasteiger partial charge in [0.2, 0.25) is 0 Å². The summed E-state index contributed by atoms with van der Waals surface area (Å²) in [5.74, 6) is 2.22. The molecule has 1 saturated heterocycles. The number of aryl methyl sites for hydroxylation is 1. The zero-order valence-corrected chi connectivity index (χ0v) is 14.3. The molecule has 1 aliphatic rings. The molecule has 1 aliphatic heterocycles. The molecule has 0 radical (unpaired) electrons. The number of anilines is 3. The summed E-state index contributed by atoms with van der Waals surface area (Å²) in [6.07, 6.45) is 2.32. The Bertz CT molecular complexity index is 699. The molecule has 128 valence electrons. The normalized spacial score (nSPS) is 15.5. The second kappa shape index (κ2) is 7.65. The van der Waals surface area contributed by atoms with Gasteiger partial charge >= 0.3 is 0 Å². The van der Waals surface area contributed by atoms with Crippen LogP contribution in [0.25, 0.3) is 0 Å². The van der Waals surface area contributed by atoms with Gasteiger partial charge in [-0.2, -0.15) is 0 Å². The van der Waals surface area contributed by atoms with E-state index in [2.05, 4.69) is 30.1 Å². The minimum atomic E-state index is 0.192. The first kappa shape index (κ1) is 16.7. The van der Waals surface area contributed by atoms with E-state index in [1.807, 2.05) is 13.0 Å². The molecule has 3 rings (SSSR count). The predicted molar refractivity (Wildman–Crippen MR) is 93.3 cm³/mol. The first-order valence-corrected chi connectivity index (χ1v) is 8.61. The summed E-state index contributed by atoms with van der Waals surface area (Å²) in [5.41, 5.74) is 0. The van der Waals surface area contributed by atoms with Crippen molar-refractivity contribution in [3.05, 3.63) is 23.0 Å². The number of nitrogens with zero attached hydrogens (tertiary/aromatic N) is 5. The maximum absolute atomic E-state index is 10.8. The van der Waals surface area contributed by atoms with Crippen LogP contribution >= 0.6 is 11.3 Å². The Kier molecular flexibility index (Phi) is 5.34. The van der Waals surface area contributed by atoms with Gasteiger partial charge in [0.05, 0.1) is 17.7 Å². The summed E-state index contributed by atoms with van der Waals surface area (Å²) in [5, 5.41) is 12.8. The van der Waals surface area contributed by atoms with Crippen molar-refractivity contribution in [3.8, 4) is 0 Å². The molecule has 0 saturated carbocycles. The quantitative estimate of drug-likeness (QED) is 0.744. The minimum absolute atomic E-state index is 0.192. The number of aromatic nitrogens is 3. The van der Waals surface area contributed by atoms with E-state index >= 15 is 0 Å². The van der Waals surface area contributed by atoms with Crippen LogP contribution in [0.15, 0.2) is 12.3 Å². The van der Waals surface area contributed by atoms with E-state index in [0.29, 0.717) is 28.2 Å². The lowest BCUT2D eigenvalue weighted by Gasteiger charge is -2.35. The highest BCUT2D eigenvalue weighted by molar-refractivity contribution is 7.17. The van der Waals surface area contributed by atoms with Crippen molar-refractivity contribution < 1.29 is 9.90 Å².